The lowest BCUT2D eigenvalue weighted by molar-refractivity contribution is -0.139. The Morgan fingerprint density at radius 1 is 0.970 bits per heavy atom. The van der Waals surface area contributed by atoms with Gasteiger partial charge in [0.15, 0.2) is 0 Å². The lowest BCUT2D eigenvalue weighted by Crippen LogP contribution is -2.51. The number of fused-ring (bicyclic) bond motifs is 1. The Hall–Kier alpha value is -2.34. The number of rotatable bonds is 5. The van der Waals surface area contributed by atoms with Crippen LogP contribution in [0.15, 0.2) is 54.6 Å². The summed E-state index contributed by atoms with van der Waals surface area (Å²) in [5.41, 5.74) is 3.80. The van der Waals surface area contributed by atoms with Gasteiger partial charge in [-0.1, -0.05) is 41.9 Å². The number of carbonyl (C=O) groups excluding carboxylic acids is 1. The summed E-state index contributed by atoms with van der Waals surface area (Å²) < 4.78 is 2.42. The molecule has 2 aliphatic rings. The van der Waals surface area contributed by atoms with Crippen LogP contribution in [-0.2, 0) is 17.9 Å². The fourth-order valence-electron chi connectivity index (χ4n) is 5.27. The Labute approximate surface area is 201 Å². The number of halogens is 1. The highest BCUT2D eigenvalue weighted by molar-refractivity contribution is 6.30. The fraction of sp³-hybridized carbons (Fsp3) is 0.444. The second kappa shape index (κ2) is 9.88. The number of piperidine rings is 1. The molecule has 0 saturated carbocycles. The predicted molar refractivity (Wildman–Crippen MR) is 135 cm³/mol. The quantitative estimate of drug-likeness (QED) is 0.563. The van der Waals surface area contributed by atoms with E-state index in [4.69, 9.17) is 11.6 Å². The van der Waals surface area contributed by atoms with Crippen LogP contribution in [0.1, 0.15) is 24.1 Å². The molecule has 3 heterocycles. The number of nitrogens with zero attached hydrogens (tertiary/aromatic N) is 4. The van der Waals surface area contributed by atoms with Crippen LogP contribution in [0.2, 0.25) is 5.02 Å². The highest BCUT2D eigenvalue weighted by Gasteiger charge is 2.31. The number of likely N-dealkylation sites (N-methyl/N-ethyl adjacent to an activating group) is 1. The standard InChI is InChI=1S/C27H33ClN4O/c1-29-13-15-31(16-14-29)27(33)23-6-4-12-30(19-23)20-25-17-22-5-2-3-7-26(22)32(25)18-21-8-10-24(28)11-9-21/h2-3,5,7-11,17,23H,4,6,12-16,18-20H2,1H3. The van der Waals surface area contributed by atoms with Crippen LogP contribution in [0, 0.1) is 5.92 Å². The third-order valence-corrected chi connectivity index (χ3v) is 7.46. The SMILES string of the molecule is CN1CCN(C(=O)C2CCCN(Cc3cc4ccccc4n3Cc3ccc(Cl)cc3)C2)CC1. The normalized spacial score (nSPS) is 20.4. The molecule has 2 fully saturated rings. The molecule has 1 atom stereocenters. The molecule has 0 N–H and O–H groups in total. The second-order valence-electron chi connectivity index (χ2n) is 9.61. The summed E-state index contributed by atoms with van der Waals surface area (Å²) in [5.74, 6) is 0.478. The zero-order valence-corrected chi connectivity index (χ0v) is 20.2. The molecule has 33 heavy (non-hydrogen) atoms. The number of para-hydroxylation sites is 1. The molecule has 2 aromatic carbocycles. The van der Waals surface area contributed by atoms with E-state index in [2.05, 4.69) is 68.8 Å². The van der Waals surface area contributed by atoms with Crippen LogP contribution in [0.5, 0.6) is 0 Å². The predicted octanol–water partition coefficient (Wildman–Crippen LogP) is 4.33. The van der Waals surface area contributed by atoms with Gasteiger partial charge in [0.25, 0.3) is 0 Å². The maximum atomic E-state index is 13.2. The summed E-state index contributed by atoms with van der Waals surface area (Å²) in [5, 5.41) is 2.03. The number of piperazine rings is 1. The van der Waals surface area contributed by atoms with Crippen LogP contribution in [0.25, 0.3) is 10.9 Å². The van der Waals surface area contributed by atoms with Crippen molar-refractivity contribution in [2.75, 3.05) is 46.3 Å². The van der Waals surface area contributed by atoms with E-state index in [9.17, 15) is 4.79 Å². The van der Waals surface area contributed by atoms with Crippen molar-refractivity contribution in [3.05, 3.63) is 70.9 Å². The van der Waals surface area contributed by atoms with Crippen molar-refractivity contribution in [3.8, 4) is 0 Å². The van der Waals surface area contributed by atoms with Gasteiger partial charge in [0.2, 0.25) is 5.91 Å². The maximum Gasteiger partial charge on any atom is 0.227 e. The van der Waals surface area contributed by atoms with Gasteiger partial charge in [-0.25, -0.2) is 0 Å². The average molecular weight is 465 g/mol. The number of likely N-dealkylation sites (tertiary alicyclic amines) is 1. The van der Waals surface area contributed by atoms with E-state index in [1.807, 2.05) is 12.1 Å². The maximum absolute atomic E-state index is 13.2. The van der Waals surface area contributed by atoms with Gasteiger partial charge in [-0.15, -0.1) is 0 Å². The molecule has 1 amide bonds. The van der Waals surface area contributed by atoms with Crippen molar-refractivity contribution in [2.45, 2.75) is 25.9 Å². The molecule has 6 heteroatoms. The van der Waals surface area contributed by atoms with Crippen molar-refractivity contribution in [1.29, 1.82) is 0 Å². The summed E-state index contributed by atoms with van der Waals surface area (Å²) in [7, 11) is 2.13. The molecular weight excluding hydrogens is 432 g/mol. The van der Waals surface area contributed by atoms with Crippen molar-refractivity contribution in [3.63, 3.8) is 0 Å². The fourth-order valence-corrected chi connectivity index (χ4v) is 5.40. The van der Waals surface area contributed by atoms with Crippen LogP contribution >= 0.6 is 11.6 Å². The smallest absolute Gasteiger partial charge is 0.227 e. The number of hydrogen-bond acceptors (Lipinski definition) is 3. The van der Waals surface area contributed by atoms with E-state index in [-0.39, 0.29) is 5.92 Å². The van der Waals surface area contributed by atoms with Crippen molar-refractivity contribution in [1.82, 2.24) is 19.3 Å². The topological polar surface area (TPSA) is 31.7 Å². The molecule has 0 aliphatic carbocycles. The van der Waals surface area contributed by atoms with Gasteiger partial charge in [-0.3, -0.25) is 9.69 Å². The van der Waals surface area contributed by atoms with Gasteiger partial charge in [-0.05, 0) is 61.6 Å². The Bertz CT molecular complexity index is 1100. The molecule has 0 spiro atoms. The molecule has 5 nitrogen and oxygen atoms in total. The number of hydrogen-bond donors (Lipinski definition) is 0. The van der Waals surface area contributed by atoms with Crippen molar-refractivity contribution >= 4 is 28.4 Å². The average Bonchev–Trinajstić information content (AvgIpc) is 3.17. The molecular formula is C27H33ClN4O. The van der Waals surface area contributed by atoms with Gasteiger partial charge < -0.3 is 14.4 Å². The molecule has 2 saturated heterocycles. The Balaban J connectivity index is 1.33. The summed E-state index contributed by atoms with van der Waals surface area (Å²) in [6, 6.07) is 19.0. The molecule has 1 unspecified atom stereocenters. The van der Waals surface area contributed by atoms with E-state index in [1.165, 1.54) is 22.2 Å². The number of benzene rings is 2. The summed E-state index contributed by atoms with van der Waals surface area (Å²) in [6.07, 6.45) is 2.09. The summed E-state index contributed by atoms with van der Waals surface area (Å²) in [6.45, 7) is 7.28. The Morgan fingerprint density at radius 2 is 1.73 bits per heavy atom. The number of aromatic nitrogens is 1. The van der Waals surface area contributed by atoms with Crippen LogP contribution in [0.4, 0.5) is 0 Å². The van der Waals surface area contributed by atoms with E-state index in [0.717, 1.165) is 70.2 Å². The Kier molecular flexibility index (Phi) is 6.72. The highest BCUT2D eigenvalue weighted by Crippen LogP contribution is 2.26. The first-order chi connectivity index (χ1) is 16.1. The molecule has 1 aromatic heterocycles. The first-order valence-electron chi connectivity index (χ1n) is 12.1. The lowest BCUT2D eigenvalue weighted by atomic mass is 9.96. The van der Waals surface area contributed by atoms with Crippen LogP contribution in [0.3, 0.4) is 0 Å². The first kappa shape index (κ1) is 22.5. The lowest BCUT2D eigenvalue weighted by Gasteiger charge is -2.38. The third-order valence-electron chi connectivity index (χ3n) is 7.21. The summed E-state index contributed by atoms with van der Waals surface area (Å²) >= 11 is 6.10. The molecule has 5 rings (SSSR count). The second-order valence-corrected chi connectivity index (χ2v) is 10.0. The zero-order chi connectivity index (χ0) is 22.8. The van der Waals surface area contributed by atoms with E-state index in [0.29, 0.717) is 5.91 Å². The molecule has 3 aromatic rings. The first-order valence-corrected chi connectivity index (χ1v) is 12.5. The molecule has 0 bridgehead atoms. The third kappa shape index (κ3) is 5.11. The zero-order valence-electron chi connectivity index (χ0n) is 19.4. The molecule has 0 radical (unpaired) electrons. The largest absolute Gasteiger partial charge is 0.340 e. The van der Waals surface area contributed by atoms with Gasteiger partial charge in [0, 0.05) is 62.0 Å². The van der Waals surface area contributed by atoms with Crippen molar-refractivity contribution < 1.29 is 4.79 Å². The van der Waals surface area contributed by atoms with Crippen LogP contribution < -0.4 is 0 Å². The molecule has 2 aliphatic heterocycles. The summed E-state index contributed by atoms with van der Waals surface area (Å²) in [4.78, 5) is 20.1. The van der Waals surface area contributed by atoms with Crippen LogP contribution in [-0.4, -0.2) is 71.5 Å². The molecule has 174 valence electrons. The number of carbonyl (C=O) groups is 1. The number of amides is 1. The van der Waals surface area contributed by atoms with E-state index < -0.39 is 0 Å². The van der Waals surface area contributed by atoms with Gasteiger partial charge in [0.1, 0.15) is 0 Å². The monoisotopic (exact) mass is 464 g/mol. The minimum Gasteiger partial charge on any atom is -0.340 e. The van der Waals surface area contributed by atoms with Crippen molar-refractivity contribution in [2.24, 2.45) is 5.92 Å². The van der Waals surface area contributed by atoms with Gasteiger partial charge in [-0.2, -0.15) is 0 Å². The minimum absolute atomic E-state index is 0.122. The van der Waals surface area contributed by atoms with Gasteiger partial charge in [0.05, 0.1) is 5.92 Å². The highest BCUT2D eigenvalue weighted by atomic mass is 35.5. The Morgan fingerprint density at radius 3 is 2.52 bits per heavy atom. The van der Waals surface area contributed by atoms with E-state index >= 15 is 0 Å². The van der Waals surface area contributed by atoms with E-state index in [1.54, 1.807) is 0 Å². The minimum atomic E-state index is 0.122. The van der Waals surface area contributed by atoms with Gasteiger partial charge >= 0.3 is 0 Å².